The molecule has 0 bridgehead atoms. The van der Waals surface area contributed by atoms with Crippen molar-refractivity contribution in [2.24, 2.45) is 5.92 Å². The van der Waals surface area contributed by atoms with E-state index in [2.05, 4.69) is 89.2 Å². The number of methoxy groups -OCH3 is 2. The van der Waals surface area contributed by atoms with Crippen molar-refractivity contribution in [3.05, 3.63) is 101 Å². The van der Waals surface area contributed by atoms with Gasteiger partial charge in [0.1, 0.15) is 31.9 Å². The number of nitrogens with zero attached hydrogens (tertiary/aromatic N) is 2. The van der Waals surface area contributed by atoms with E-state index in [9.17, 15) is 28.8 Å². The van der Waals surface area contributed by atoms with Crippen molar-refractivity contribution < 1.29 is 56.9 Å². The first-order chi connectivity index (χ1) is 32.5. The Bertz CT molecular complexity index is 2370. The topological polar surface area (TPSA) is 222 Å². The van der Waals surface area contributed by atoms with E-state index < -0.39 is 56.3 Å². The first-order valence-corrected chi connectivity index (χ1v) is 26.3. The second kappa shape index (κ2) is 24.9. The zero-order valence-corrected chi connectivity index (χ0v) is 43.6. The van der Waals surface area contributed by atoms with Crippen LogP contribution in [0.25, 0.3) is 0 Å². The molecule has 0 radical (unpaired) electrons. The van der Waals surface area contributed by atoms with Gasteiger partial charge in [0, 0.05) is 23.6 Å². The smallest absolute Gasteiger partial charge is 0.411 e. The summed E-state index contributed by atoms with van der Waals surface area (Å²) in [7, 11) is 0.528. The fourth-order valence-corrected chi connectivity index (χ4v) is 8.00. The zero-order valence-electron chi connectivity index (χ0n) is 41.0. The summed E-state index contributed by atoms with van der Waals surface area (Å²) in [5.41, 5.74) is 3.26. The molecule has 69 heavy (non-hydrogen) atoms. The molecule has 3 atom stereocenters. The number of benzene rings is 2. The molecule has 2 unspecified atom stereocenters. The number of carbonyl (C=O) groups excluding carboxylic acids is 6. The standard InChI is InChI=1S/C49H65BrN6O12Si/c1-13-18-65-48(62)55-42(29(2)3)44(58)51-31(5)43(57)53-34-16-14-32(15-17-34)26-67-47(61)54-39-23-41(66-27-36-21-33(46(60)64-10)20-35(24-50)52-36)40(63-9)22-38(39)45(59)56-25-30(4)19-37(56)28-68-69(11,12)49(6,7)8/h13-17,20-23,29,31,37,42H,1,4,18-19,24-28H2,2-3,5-12H3,(H,51,58)(H,53,57)(H,54,61)(H,55,62)/t31?,37-,42?/m0/s1. The van der Waals surface area contributed by atoms with Crippen LogP contribution < -0.4 is 30.7 Å². The summed E-state index contributed by atoms with van der Waals surface area (Å²) < 4.78 is 33.9. The number of ether oxygens (including phenoxy) is 5. The minimum Gasteiger partial charge on any atom is -0.493 e. The normalized spacial score (nSPS) is 14.5. The molecule has 4 rings (SSSR count). The summed E-state index contributed by atoms with van der Waals surface area (Å²) in [4.78, 5) is 84.9. The molecule has 0 spiro atoms. The predicted octanol–water partition coefficient (Wildman–Crippen LogP) is 8.27. The van der Waals surface area contributed by atoms with Crippen LogP contribution in [0.15, 0.2) is 73.3 Å². The minimum absolute atomic E-state index is 0.0265. The van der Waals surface area contributed by atoms with Gasteiger partial charge in [0.05, 0.1) is 55.1 Å². The molecule has 5 amide bonds. The fraction of sp³-hybridized carbons (Fsp3) is 0.449. The highest BCUT2D eigenvalue weighted by Gasteiger charge is 2.40. The van der Waals surface area contributed by atoms with Gasteiger partial charge in [-0.05, 0) is 73.3 Å². The van der Waals surface area contributed by atoms with E-state index in [4.69, 9.17) is 28.1 Å². The van der Waals surface area contributed by atoms with Crippen LogP contribution in [0.5, 0.6) is 11.5 Å². The van der Waals surface area contributed by atoms with Crippen molar-refractivity contribution in [3.8, 4) is 11.5 Å². The van der Waals surface area contributed by atoms with Crippen LogP contribution >= 0.6 is 15.9 Å². The number of anilines is 2. The van der Waals surface area contributed by atoms with Gasteiger partial charge in [0.2, 0.25) is 11.8 Å². The average Bonchev–Trinajstić information content (AvgIpc) is 3.69. The van der Waals surface area contributed by atoms with Gasteiger partial charge in [-0.2, -0.15) is 0 Å². The van der Waals surface area contributed by atoms with Crippen LogP contribution in [0.1, 0.15) is 85.6 Å². The Kier molecular flexibility index (Phi) is 19.9. The lowest BCUT2D eigenvalue weighted by Crippen LogP contribution is -2.53. The van der Waals surface area contributed by atoms with Crippen molar-refractivity contribution in [2.45, 2.75) is 103 Å². The molecule has 1 fully saturated rings. The lowest BCUT2D eigenvalue weighted by molar-refractivity contribution is -0.128. The number of nitrogens with one attached hydrogen (secondary N) is 4. The molecule has 2 aromatic carbocycles. The number of amides is 5. The lowest BCUT2D eigenvalue weighted by atomic mass is 10.0. The Morgan fingerprint density at radius 1 is 0.899 bits per heavy atom. The predicted molar refractivity (Wildman–Crippen MR) is 267 cm³/mol. The summed E-state index contributed by atoms with van der Waals surface area (Å²) in [5.74, 6) is -1.98. The number of rotatable bonds is 21. The zero-order chi connectivity index (χ0) is 51.2. The number of likely N-dealkylation sites (tertiary alicyclic amines) is 1. The third-order valence-electron chi connectivity index (χ3n) is 11.6. The van der Waals surface area contributed by atoms with Gasteiger partial charge in [0.15, 0.2) is 19.8 Å². The van der Waals surface area contributed by atoms with E-state index in [-0.39, 0.29) is 71.7 Å². The number of hydrogen-bond donors (Lipinski definition) is 4. The summed E-state index contributed by atoms with van der Waals surface area (Å²) in [6.45, 7) is 23.7. The maximum Gasteiger partial charge on any atom is 0.411 e. The molecular weight excluding hydrogens is 973 g/mol. The Morgan fingerprint density at radius 2 is 1.58 bits per heavy atom. The number of esters is 1. The lowest BCUT2D eigenvalue weighted by Gasteiger charge is -2.38. The van der Waals surface area contributed by atoms with Crippen molar-refractivity contribution >= 4 is 71.5 Å². The third kappa shape index (κ3) is 15.6. The molecular formula is C49H65BrN6O12Si. The number of alkyl carbamates (subject to hydrolysis) is 1. The van der Waals surface area contributed by atoms with Crippen molar-refractivity contribution in [1.82, 2.24) is 20.5 Å². The molecule has 1 aromatic heterocycles. The fourth-order valence-electron chi connectivity index (χ4n) is 6.67. The highest BCUT2D eigenvalue weighted by atomic mass is 79.9. The van der Waals surface area contributed by atoms with Gasteiger partial charge in [-0.3, -0.25) is 24.7 Å². The monoisotopic (exact) mass is 1040 g/mol. The number of halogens is 1. The van der Waals surface area contributed by atoms with Gasteiger partial charge >= 0.3 is 18.2 Å². The SMILES string of the molecule is C=CCOC(=O)NC(C(=O)NC(C)C(=O)Nc1ccc(COC(=O)Nc2cc(OCc3cc(C(=O)OC)cc(CBr)n3)c(OC)cc2C(=O)N2CC(=C)C[C@H]2CO[Si](C)(C)C(C)(C)C)cc1)C(C)C. The molecule has 0 aliphatic carbocycles. The number of carbonyl (C=O) groups is 6. The van der Waals surface area contributed by atoms with E-state index >= 15 is 0 Å². The molecule has 18 nitrogen and oxygen atoms in total. The van der Waals surface area contributed by atoms with E-state index in [0.29, 0.717) is 41.0 Å². The van der Waals surface area contributed by atoms with Gasteiger partial charge in [0.25, 0.3) is 5.91 Å². The molecule has 3 aromatic rings. The van der Waals surface area contributed by atoms with Crippen molar-refractivity contribution in [3.63, 3.8) is 0 Å². The Hall–Kier alpha value is -6.25. The van der Waals surface area contributed by atoms with Crippen LogP contribution in [0.3, 0.4) is 0 Å². The van der Waals surface area contributed by atoms with Gasteiger partial charge in [-0.1, -0.05) is 87.5 Å². The molecule has 1 saturated heterocycles. The van der Waals surface area contributed by atoms with E-state index in [1.165, 1.54) is 39.4 Å². The highest BCUT2D eigenvalue weighted by molar-refractivity contribution is 9.08. The molecule has 0 saturated carbocycles. The Balaban J connectivity index is 1.52. The maximum atomic E-state index is 14.6. The van der Waals surface area contributed by atoms with Crippen LogP contribution in [0.2, 0.25) is 18.1 Å². The number of hydrogen-bond acceptors (Lipinski definition) is 13. The van der Waals surface area contributed by atoms with E-state index in [1.54, 1.807) is 55.1 Å². The molecule has 1 aliphatic rings. The summed E-state index contributed by atoms with van der Waals surface area (Å²) in [6.07, 6.45) is 0.269. The van der Waals surface area contributed by atoms with Gasteiger partial charge < -0.3 is 49.0 Å². The first kappa shape index (κ1) is 55.3. The van der Waals surface area contributed by atoms with Crippen LogP contribution in [0, 0.1) is 5.92 Å². The van der Waals surface area contributed by atoms with Crippen molar-refractivity contribution in [1.29, 1.82) is 0 Å². The average molecular weight is 1040 g/mol. The first-order valence-electron chi connectivity index (χ1n) is 22.3. The summed E-state index contributed by atoms with van der Waals surface area (Å²) in [6, 6.07) is 10.4. The Labute approximate surface area is 413 Å². The number of alkyl halides is 1. The number of aromatic nitrogens is 1. The van der Waals surface area contributed by atoms with Gasteiger partial charge in [-0.15, -0.1) is 0 Å². The number of pyridine rings is 1. The molecule has 1 aliphatic heterocycles. The van der Waals surface area contributed by atoms with Crippen LogP contribution in [-0.4, -0.2) is 106 Å². The molecule has 4 N–H and O–H groups in total. The highest BCUT2D eigenvalue weighted by Crippen LogP contribution is 2.39. The third-order valence-corrected chi connectivity index (χ3v) is 16.7. The van der Waals surface area contributed by atoms with Crippen LogP contribution in [0.4, 0.5) is 21.0 Å². The van der Waals surface area contributed by atoms with E-state index in [0.717, 1.165) is 5.57 Å². The van der Waals surface area contributed by atoms with Crippen LogP contribution in [-0.2, 0) is 46.8 Å². The molecule has 2 heterocycles. The Morgan fingerprint density at radius 3 is 2.19 bits per heavy atom. The van der Waals surface area contributed by atoms with Gasteiger partial charge in [-0.25, -0.2) is 14.4 Å². The van der Waals surface area contributed by atoms with Crippen molar-refractivity contribution in [2.75, 3.05) is 44.6 Å². The summed E-state index contributed by atoms with van der Waals surface area (Å²) >= 11 is 3.38. The van der Waals surface area contributed by atoms with E-state index in [1.807, 2.05) is 0 Å². The quantitative estimate of drug-likeness (QED) is 0.0260. The molecule has 374 valence electrons. The maximum absolute atomic E-state index is 14.6. The second-order valence-corrected chi connectivity index (χ2v) is 23.7. The summed E-state index contributed by atoms with van der Waals surface area (Å²) in [5, 5.41) is 10.9. The minimum atomic E-state index is -2.18. The molecule has 20 heteroatoms. The second-order valence-electron chi connectivity index (χ2n) is 18.3. The largest absolute Gasteiger partial charge is 0.493 e.